The average molecular weight is 416 g/mol. The van der Waals surface area contributed by atoms with E-state index >= 15 is 0 Å². The zero-order valence-electron chi connectivity index (χ0n) is 16.8. The number of methoxy groups -OCH3 is 1. The first-order valence-corrected chi connectivity index (χ1v) is 9.60. The van der Waals surface area contributed by atoms with Crippen molar-refractivity contribution in [1.82, 2.24) is 15.3 Å². The molecule has 1 aliphatic heterocycles. The minimum absolute atomic E-state index is 0.0190. The normalized spacial score (nSPS) is 13.3. The number of aromatic nitrogens is 2. The van der Waals surface area contributed by atoms with E-state index < -0.39 is 0 Å². The van der Waals surface area contributed by atoms with Gasteiger partial charge in [0.05, 0.1) is 30.6 Å². The topological polar surface area (TPSA) is 123 Å². The summed E-state index contributed by atoms with van der Waals surface area (Å²) in [6.45, 7) is 1.58. The predicted molar refractivity (Wildman–Crippen MR) is 115 cm³/mol. The van der Waals surface area contributed by atoms with E-state index in [1.165, 1.54) is 6.07 Å². The summed E-state index contributed by atoms with van der Waals surface area (Å²) in [5.41, 5.74) is 3.04. The highest BCUT2D eigenvalue weighted by atomic mass is 16.5. The molecule has 1 fully saturated rings. The van der Waals surface area contributed by atoms with Crippen molar-refractivity contribution in [2.24, 2.45) is 0 Å². The number of anilines is 3. The van der Waals surface area contributed by atoms with Gasteiger partial charge in [0.25, 0.3) is 0 Å². The van der Waals surface area contributed by atoms with Gasteiger partial charge in [-0.05, 0) is 36.4 Å². The van der Waals surface area contributed by atoms with Crippen molar-refractivity contribution in [2.45, 2.75) is 0 Å². The highest BCUT2D eigenvalue weighted by molar-refractivity contribution is 5.83. The predicted octanol–water partition coefficient (Wildman–Crippen LogP) is 2.41. The molecular formula is C22H20N6O3. The van der Waals surface area contributed by atoms with Crippen molar-refractivity contribution in [3.8, 4) is 28.8 Å². The Morgan fingerprint density at radius 1 is 1.26 bits per heavy atom. The fourth-order valence-electron chi connectivity index (χ4n) is 3.35. The quantitative estimate of drug-likeness (QED) is 0.579. The average Bonchev–Trinajstić information content (AvgIpc) is 2.79. The maximum Gasteiger partial charge on any atom is 0.239 e. The Kier molecular flexibility index (Phi) is 5.53. The highest BCUT2D eigenvalue weighted by Crippen LogP contribution is 2.32. The van der Waals surface area contributed by atoms with Crippen molar-refractivity contribution in [3.63, 3.8) is 0 Å². The lowest BCUT2D eigenvalue weighted by molar-refractivity contribution is -0.120. The second-order valence-electron chi connectivity index (χ2n) is 6.89. The number of nitrogens with one attached hydrogen (secondary N) is 2. The third kappa shape index (κ3) is 4.33. The van der Waals surface area contributed by atoms with E-state index in [-0.39, 0.29) is 23.8 Å². The number of aromatic hydroxyl groups is 1. The number of carbonyl (C=O) groups is 1. The van der Waals surface area contributed by atoms with Gasteiger partial charge in [0, 0.05) is 36.6 Å². The minimum Gasteiger partial charge on any atom is -0.507 e. The molecule has 31 heavy (non-hydrogen) atoms. The number of nitrogens with zero attached hydrogens (tertiary/aromatic N) is 4. The number of piperazine rings is 1. The lowest BCUT2D eigenvalue weighted by Gasteiger charge is -2.30. The van der Waals surface area contributed by atoms with Gasteiger partial charge in [0.15, 0.2) is 0 Å². The van der Waals surface area contributed by atoms with E-state index in [4.69, 9.17) is 10.00 Å². The van der Waals surface area contributed by atoms with Crippen LogP contribution in [0.5, 0.6) is 11.5 Å². The smallest absolute Gasteiger partial charge is 0.239 e. The number of amides is 1. The molecule has 1 aromatic heterocycles. The second-order valence-corrected chi connectivity index (χ2v) is 6.89. The monoisotopic (exact) mass is 416 g/mol. The lowest BCUT2D eigenvalue weighted by Crippen LogP contribution is -2.47. The van der Waals surface area contributed by atoms with Crippen molar-refractivity contribution < 1.29 is 14.6 Å². The van der Waals surface area contributed by atoms with Crippen LogP contribution in [0.1, 0.15) is 5.56 Å². The third-order valence-electron chi connectivity index (χ3n) is 4.88. The second kappa shape index (κ2) is 8.59. The summed E-state index contributed by atoms with van der Waals surface area (Å²) in [7, 11) is 1.58. The molecule has 9 nitrogen and oxygen atoms in total. The van der Waals surface area contributed by atoms with Crippen molar-refractivity contribution in [1.29, 1.82) is 5.26 Å². The molecule has 156 valence electrons. The number of hydrogen-bond acceptors (Lipinski definition) is 8. The molecule has 0 bridgehead atoms. The number of phenols is 1. The summed E-state index contributed by atoms with van der Waals surface area (Å²) in [4.78, 5) is 22.4. The number of nitriles is 1. The molecule has 1 aliphatic rings. The Morgan fingerprint density at radius 3 is 2.90 bits per heavy atom. The first-order valence-electron chi connectivity index (χ1n) is 9.60. The van der Waals surface area contributed by atoms with E-state index in [0.717, 1.165) is 11.4 Å². The Hall–Kier alpha value is -4.32. The molecule has 4 rings (SSSR count). The van der Waals surface area contributed by atoms with Crippen LogP contribution in [0.3, 0.4) is 0 Å². The summed E-state index contributed by atoms with van der Waals surface area (Å²) in [5, 5.41) is 24.8. The van der Waals surface area contributed by atoms with Gasteiger partial charge < -0.3 is 25.4 Å². The molecule has 3 aromatic rings. The number of phenolic OH excluding ortho intramolecular Hbond substituents is 1. The Bertz CT molecular complexity index is 1170. The molecule has 0 unspecified atom stereocenters. The van der Waals surface area contributed by atoms with Crippen LogP contribution in [0, 0.1) is 11.3 Å². The summed E-state index contributed by atoms with van der Waals surface area (Å²) < 4.78 is 5.53. The van der Waals surface area contributed by atoms with E-state index in [1.54, 1.807) is 31.5 Å². The molecule has 0 atom stereocenters. The van der Waals surface area contributed by atoms with Crippen LogP contribution in [0.15, 0.2) is 48.7 Å². The standard InChI is InChI=1S/C22H20N6O3/c1-31-20-11-16(3-4-18(20)28-9-8-24-21(30)13-28)26-22-25-7-6-17(27-22)14-2-5-19(29)15(10-14)12-23/h2-7,10-11,29H,8-9,13H2,1H3,(H,24,30)(H,25,26,27). The summed E-state index contributed by atoms with van der Waals surface area (Å²) in [6, 6.07) is 14.0. The number of rotatable bonds is 5. The van der Waals surface area contributed by atoms with Crippen LogP contribution in [0.25, 0.3) is 11.3 Å². The molecule has 9 heteroatoms. The van der Waals surface area contributed by atoms with Crippen LogP contribution in [0.2, 0.25) is 0 Å². The molecule has 1 amide bonds. The molecule has 3 N–H and O–H groups in total. The zero-order valence-corrected chi connectivity index (χ0v) is 16.8. The van der Waals surface area contributed by atoms with Gasteiger partial charge in [-0.15, -0.1) is 0 Å². The van der Waals surface area contributed by atoms with Gasteiger partial charge in [0.1, 0.15) is 17.6 Å². The molecular weight excluding hydrogens is 396 g/mol. The summed E-state index contributed by atoms with van der Waals surface area (Å²) in [5.74, 6) is 0.913. The highest BCUT2D eigenvalue weighted by Gasteiger charge is 2.20. The van der Waals surface area contributed by atoms with Gasteiger partial charge in [-0.2, -0.15) is 5.26 Å². The van der Waals surface area contributed by atoms with Gasteiger partial charge in [0.2, 0.25) is 11.9 Å². The number of hydrogen-bond donors (Lipinski definition) is 3. The number of carbonyl (C=O) groups excluding carboxylic acids is 1. The number of ether oxygens (including phenoxy) is 1. The van der Waals surface area contributed by atoms with Gasteiger partial charge in [-0.3, -0.25) is 4.79 Å². The summed E-state index contributed by atoms with van der Waals surface area (Å²) in [6.07, 6.45) is 1.61. The van der Waals surface area contributed by atoms with Crippen LogP contribution in [-0.4, -0.2) is 47.7 Å². The molecule has 2 heterocycles. The van der Waals surface area contributed by atoms with E-state index in [0.29, 0.717) is 36.0 Å². The van der Waals surface area contributed by atoms with Crippen molar-refractivity contribution in [2.75, 3.05) is 37.0 Å². The molecule has 0 aliphatic carbocycles. The molecule has 1 saturated heterocycles. The number of benzene rings is 2. The van der Waals surface area contributed by atoms with Crippen LogP contribution < -0.4 is 20.3 Å². The maximum atomic E-state index is 11.7. The SMILES string of the molecule is COc1cc(Nc2nccc(-c3ccc(O)c(C#N)c3)n2)ccc1N1CCNC(=O)C1. The van der Waals surface area contributed by atoms with Crippen LogP contribution in [0.4, 0.5) is 17.3 Å². The molecule has 0 spiro atoms. The third-order valence-corrected chi connectivity index (χ3v) is 4.88. The van der Waals surface area contributed by atoms with E-state index in [2.05, 4.69) is 20.6 Å². The molecule has 0 saturated carbocycles. The van der Waals surface area contributed by atoms with E-state index in [9.17, 15) is 9.90 Å². The Balaban J connectivity index is 1.58. The van der Waals surface area contributed by atoms with Crippen molar-refractivity contribution >= 4 is 23.2 Å². The maximum absolute atomic E-state index is 11.7. The first-order chi connectivity index (χ1) is 15.1. The first kappa shape index (κ1) is 20.0. The largest absolute Gasteiger partial charge is 0.507 e. The summed E-state index contributed by atoms with van der Waals surface area (Å²) >= 11 is 0. The van der Waals surface area contributed by atoms with E-state index in [1.807, 2.05) is 29.2 Å². The van der Waals surface area contributed by atoms with Gasteiger partial charge in [-0.25, -0.2) is 9.97 Å². The molecule has 2 aromatic carbocycles. The molecule has 0 radical (unpaired) electrons. The Morgan fingerprint density at radius 2 is 2.13 bits per heavy atom. The van der Waals surface area contributed by atoms with Gasteiger partial charge >= 0.3 is 0 Å². The fraction of sp³-hybridized carbons (Fsp3) is 0.182. The van der Waals surface area contributed by atoms with Crippen molar-refractivity contribution in [3.05, 3.63) is 54.2 Å². The van der Waals surface area contributed by atoms with Crippen LogP contribution >= 0.6 is 0 Å². The van der Waals surface area contributed by atoms with Gasteiger partial charge in [-0.1, -0.05) is 0 Å². The zero-order chi connectivity index (χ0) is 21.8. The van der Waals surface area contributed by atoms with Crippen LogP contribution in [-0.2, 0) is 4.79 Å². The minimum atomic E-state index is -0.0722. The Labute approximate surface area is 178 Å². The fourth-order valence-corrected chi connectivity index (χ4v) is 3.35. The lowest BCUT2D eigenvalue weighted by atomic mass is 10.1.